The number of hydrogen-bond donors (Lipinski definition) is 0. The maximum Gasteiger partial charge on any atom is 0.168 e. The summed E-state index contributed by atoms with van der Waals surface area (Å²) in [5.74, 6) is 1.23. The van der Waals surface area contributed by atoms with Gasteiger partial charge in [-0.25, -0.2) is 0 Å². The molecule has 1 aliphatic heterocycles. The van der Waals surface area contributed by atoms with E-state index in [9.17, 15) is 4.79 Å². The molecule has 18 heavy (non-hydrogen) atoms. The zero-order valence-electron chi connectivity index (χ0n) is 11.8. The number of carbonyl (C=O) groups excluding carboxylic acids is 1. The first-order valence-corrected chi connectivity index (χ1v) is 6.99. The molecule has 0 amide bonds. The Labute approximate surface area is 110 Å². The molecular weight excluding hydrogens is 226 g/mol. The van der Waals surface area contributed by atoms with E-state index in [2.05, 4.69) is 32.3 Å². The average molecular weight is 251 g/mol. The summed E-state index contributed by atoms with van der Waals surface area (Å²) in [7, 11) is 0. The van der Waals surface area contributed by atoms with Crippen LogP contribution < -0.4 is 0 Å². The summed E-state index contributed by atoms with van der Waals surface area (Å²) in [5, 5.41) is 0. The summed E-state index contributed by atoms with van der Waals surface area (Å²) < 4.78 is 6.02. The van der Waals surface area contributed by atoms with Gasteiger partial charge in [0, 0.05) is 18.0 Å². The normalized spacial score (nSPS) is 39.9. The first-order valence-electron chi connectivity index (χ1n) is 6.99. The van der Waals surface area contributed by atoms with Gasteiger partial charge in [-0.05, 0) is 32.6 Å². The van der Waals surface area contributed by atoms with Gasteiger partial charge in [0.05, 0.1) is 6.10 Å². The molecule has 1 saturated heterocycles. The van der Waals surface area contributed by atoms with Crippen molar-refractivity contribution in [2.75, 3.05) is 6.54 Å². The van der Waals surface area contributed by atoms with Crippen LogP contribution in [0.1, 0.15) is 40.0 Å². The highest BCUT2D eigenvalue weighted by Gasteiger charge is 2.49. The van der Waals surface area contributed by atoms with E-state index in [-0.39, 0.29) is 11.6 Å². The van der Waals surface area contributed by atoms with Crippen LogP contribution in [0, 0.1) is 11.8 Å². The molecule has 0 N–H and O–H groups in total. The SMILES string of the molecule is C=CCN1[C@H](C=O)O[C@@H]2C[C@H](C)CC[C@H]2C1(C)C. The lowest BCUT2D eigenvalue weighted by Gasteiger charge is -2.55. The van der Waals surface area contributed by atoms with E-state index in [1.807, 2.05) is 6.08 Å². The molecule has 0 unspecified atom stereocenters. The van der Waals surface area contributed by atoms with Crippen molar-refractivity contribution in [3.05, 3.63) is 12.7 Å². The molecule has 4 atom stereocenters. The highest BCUT2D eigenvalue weighted by atomic mass is 16.5. The lowest BCUT2D eigenvalue weighted by molar-refractivity contribution is -0.219. The first kappa shape index (κ1) is 13.8. The molecule has 2 aliphatic rings. The molecule has 1 aliphatic carbocycles. The zero-order valence-corrected chi connectivity index (χ0v) is 11.8. The van der Waals surface area contributed by atoms with Crippen LogP contribution in [-0.4, -0.2) is 35.6 Å². The van der Waals surface area contributed by atoms with E-state index < -0.39 is 6.23 Å². The van der Waals surface area contributed by atoms with Crippen molar-refractivity contribution in [2.24, 2.45) is 11.8 Å². The summed E-state index contributed by atoms with van der Waals surface area (Å²) in [5.41, 5.74) is 0.00280. The number of fused-ring (bicyclic) bond motifs is 1. The van der Waals surface area contributed by atoms with Gasteiger partial charge < -0.3 is 4.74 Å². The fraction of sp³-hybridized carbons (Fsp3) is 0.800. The maximum absolute atomic E-state index is 11.3. The van der Waals surface area contributed by atoms with E-state index >= 15 is 0 Å². The molecule has 102 valence electrons. The number of aldehydes is 1. The second-order valence-electron chi connectivity index (χ2n) is 6.32. The zero-order chi connectivity index (χ0) is 13.3. The molecule has 3 nitrogen and oxygen atoms in total. The lowest BCUT2D eigenvalue weighted by Crippen LogP contribution is -2.64. The Hall–Kier alpha value is -0.670. The van der Waals surface area contributed by atoms with E-state index in [0.29, 0.717) is 18.4 Å². The molecule has 3 heteroatoms. The summed E-state index contributed by atoms with van der Waals surface area (Å²) in [6.45, 7) is 11.3. The van der Waals surface area contributed by atoms with Crippen molar-refractivity contribution >= 4 is 6.29 Å². The summed E-state index contributed by atoms with van der Waals surface area (Å²) >= 11 is 0. The van der Waals surface area contributed by atoms with E-state index in [1.54, 1.807) is 0 Å². The minimum Gasteiger partial charge on any atom is -0.352 e. The van der Waals surface area contributed by atoms with Crippen molar-refractivity contribution in [3.8, 4) is 0 Å². The summed E-state index contributed by atoms with van der Waals surface area (Å²) in [6.07, 6.45) is 6.15. The van der Waals surface area contributed by atoms with Gasteiger partial charge in [0.1, 0.15) is 0 Å². The van der Waals surface area contributed by atoms with Gasteiger partial charge in [0.15, 0.2) is 12.5 Å². The number of hydrogen-bond acceptors (Lipinski definition) is 3. The quantitative estimate of drug-likeness (QED) is 0.570. The molecule has 0 aromatic heterocycles. The van der Waals surface area contributed by atoms with Gasteiger partial charge in [-0.1, -0.05) is 19.4 Å². The molecule has 0 bridgehead atoms. The van der Waals surface area contributed by atoms with Crippen LogP contribution in [0.5, 0.6) is 0 Å². The molecule has 2 rings (SSSR count). The van der Waals surface area contributed by atoms with Crippen molar-refractivity contribution in [1.29, 1.82) is 0 Å². The van der Waals surface area contributed by atoms with Crippen molar-refractivity contribution in [1.82, 2.24) is 4.90 Å². The molecule has 1 heterocycles. The van der Waals surface area contributed by atoms with E-state index in [1.165, 1.54) is 12.8 Å². The Morgan fingerprint density at radius 1 is 1.44 bits per heavy atom. The third-order valence-electron chi connectivity index (χ3n) is 4.77. The maximum atomic E-state index is 11.3. The summed E-state index contributed by atoms with van der Waals surface area (Å²) in [4.78, 5) is 13.4. The van der Waals surface area contributed by atoms with E-state index in [0.717, 1.165) is 12.7 Å². The fourth-order valence-corrected chi connectivity index (χ4v) is 3.66. The highest BCUT2D eigenvalue weighted by Crippen LogP contribution is 2.44. The Morgan fingerprint density at radius 3 is 2.78 bits per heavy atom. The fourth-order valence-electron chi connectivity index (χ4n) is 3.66. The standard InChI is InChI=1S/C15H25NO2/c1-5-8-16-14(10-17)18-13-9-11(2)6-7-12(13)15(16,3)4/h5,10-14H,1,6-9H2,2-4H3/t11-,12-,13-,14+/m1/s1. The molecule has 0 aromatic carbocycles. The van der Waals surface area contributed by atoms with Gasteiger partial charge in [0.25, 0.3) is 0 Å². The second kappa shape index (κ2) is 5.14. The summed E-state index contributed by atoms with van der Waals surface area (Å²) in [6, 6.07) is 0. The topological polar surface area (TPSA) is 29.5 Å². The van der Waals surface area contributed by atoms with Crippen LogP contribution in [0.3, 0.4) is 0 Å². The lowest BCUT2D eigenvalue weighted by atomic mass is 9.70. The minimum atomic E-state index is -0.412. The third-order valence-corrected chi connectivity index (χ3v) is 4.77. The van der Waals surface area contributed by atoms with Gasteiger partial charge >= 0.3 is 0 Å². The molecule has 0 aromatic rings. The molecule has 0 radical (unpaired) electrons. The van der Waals surface area contributed by atoms with Crippen molar-refractivity contribution < 1.29 is 9.53 Å². The van der Waals surface area contributed by atoms with Crippen LogP contribution in [0.4, 0.5) is 0 Å². The van der Waals surface area contributed by atoms with Gasteiger partial charge in [-0.15, -0.1) is 6.58 Å². The van der Waals surface area contributed by atoms with Crippen molar-refractivity contribution in [3.63, 3.8) is 0 Å². The number of rotatable bonds is 3. The minimum absolute atomic E-state index is 0.00280. The monoisotopic (exact) mass is 251 g/mol. The Morgan fingerprint density at radius 2 is 2.17 bits per heavy atom. The van der Waals surface area contributed by atoms with Gasteiger partial charge in [-0.2, -0.15) is 0 Å². The average Bonchev–Trinajstić information content (AvgIpc) is 2.32. The van der Waals surface area contributed by atoms with Crippen molar-refractivity contribution in [2.45, 2.75) is 57.9 Å². The molecule has 2 fully saturated rings. The van der Waals surface area contributed by atoms with Crippen LogP contribution in [0.25, 0.3) is 0 Å². The Balaban J connectivity index is 2.24. The van der Waals surface area contributed by atoms with Gasteiger partial charge in [-0.3, -0.25) is 9.69 Å². The third kappa shape index (κ3) is 2.26. The Bertz CT molecular complexity index is 326. The first-order chi connectivity index (χ1) is 8.50. The second-order valence-corrected chi connectivity index (χ2v) is 6.32. The highest BCUT2D eigenvalue weighted by molar-refractivity contribution is 5.56. The smallest absolute Gasteiger partial charge is 0.168 e. The number of ether oxygens (including phenoxy) is 1. The largest absolute Gasteiger partial charge is 0.352 e. The molecule has 0 spiro atoms. The van der Waals surface area contributed by atoms with E-state index in [4.69, 9.17) is 4.74 Å². The molecular formula is C15H25NO2. The van der Waals surface area contributed by atoms with Crippen LogP contribution in [-0.2, 0) is 9.53 Å². The van der Waals surface area contributed by atoms with Gasteiger partial charge in [0.2, 0.25) is 0 Å². The predicted octanol–water partition coefficient (Wildman–Crippen LogP) is 2.61. The number of carbonyl (C=O) groups is 1. The Kier molecular flexibility index (Phi) is 3.93. The number of nitrogens with zero attached hydrogens (tertiary/aromatic N) is 1. The van der Waals surface area contributed by atoms with Crippen LogP contribution >= 0.6 is 0 Å². The predicted molar refractivity (Wildman–Crippen MR) is 72.2 cm³/mol. The van der Waals surface area contributed by atoms with Crippen LogP contribution in [0.15, 0.2) is 12.7 Å². The van der Waals surface area contributed by atoms with Crippen LogP contribution in [0.2, 0.25) is 0 Å². The molecule has 1 saturated carbocycles.